The SMILES string of the molecule is O=c1[nH]c2ccc(C3(O)CCCCC3)cc2s1. The minimum absolute atomic E-state index is 0.0345. The maximum absolute atomic E-state index is 11.3. The summed E-state index contributed by atoms with van der Waals surface area (Å²) in [4.78, 5) is 14.0. The molecule has 2 aromatic rings. The van der Waals surface area contributed by atoms with E-state index in [0.29, 0.717) is 0 Å². The molecular formula is C13H15NO2S. The monoisotopic (exact) mass is 249 g/mol. The maximum atomic E-state index is 11.3. The molecule has 3 nitrogen and oxygen atoms in total. The Labute approximate surface area is 103 Å². The molecule has 1 aromatic heterocycles. The van der Waals surface area contributed by atoms with Crippen molar-refractivity contribution in [3.63, 3.8) is 0 Å². The summed E-state index contributed by atoms with van der Waals surface area (Å²) < 4.78 is 0.937. The first-order chi connectivity index (χ1) is 8.17. The van der Waals surface area contributed by atoms with Gasteiger partial charge in [0.05, 0.1) is 15.8 Å². The number of thiazole rings is 1. The van der Waals surface area contributed by atoms with E-state index in [4.69, 9.17) is 0 Å². The van der Waals surface area contributed by atoms with E-state index in [2.05, 4.69) is 4.98 Å². The van der Waals surface area contributed by atoms with E-state index in [1.54, 1.807) is 0 Å². The minimum Gasteiger partial charge on any atom is -0.385 e. The summed E-state index contributed by atoms with van der Waals surface area (Å²) in [6.07, 6.45) is 5.04. The molecule has 1 aliphatic rings. The van der Waals surface area contributed by atoms with Crippen LogP contribution >= 0.6 is 11.3 Å². The molecule has 17 heavy (non-hydrogen) atoms. The van der Waals surface area contributed by atoms with Crippen LogP contribution in [0, 0.1) is 0 Å². The van der Waals surface area contributed by atoms with Gasteiger partial charge < -0.3 is 10.1 Å². The van der Waals surface area contributed by atoms with Crippen molar-refractivity contribution in [2.45, 2.75) is 37.7 Å². The van der Waals surface area contributed by atoms with Crippen LogP contribution in [0.2, 0.25) is 0 Å². The normalized spacial score (nSPS) is 19.6. The van der Waals surface area contributed by atoms with Crippen LogP contribution < -0.4 is 4.87 Å². The van der Waals surface area contributed by atoms with Crippen LogP contribution in [0.3, 0.4) is 0 Å². The number of hydrogen-bond acceptors (Lipinski definition) is 3. The highest BCUT2D eigenvalue weighted by Crippen LogP contribution is 2.37. The Morgan fingerprint density at radius 2 is 2.00 bits per heavy atom. The number of aromatic amines is 1. The molecule has 90 valence electrons. The summed E-state index contributed by atoms with van der Waals surface area (Å²) in [7, 11) is 0. The van der Waals surface area contributed by atoms with Crippen LogP contribution in [-0.2, 0) is 5.60 Å². The largest absolute Gasteiger partial charge is 0.385 e. The Bertz CT molecular complexity index is 593. The van der Waals surface area contributed by atoms with Crippen LogP contribution in [-0.4, -0.2) is 10.1 Å². The number of aliphatic hydroxyl groups is 1. The van der Waals surface area contributed by atoms with Crippen LogP contribution in [0.25, 0.3) is 10.2 Å². The van der Waals surface area contributed by atoms with Gasteiger partial charge >= 0.3 is 4.87 Å². The molecule has 0 atom stereocenters. The van der Waals surface area contributed by atoms with Crippen molar-refractivity contribution >= 4 is 21.6 Å². The number of aromatic nitrogens is 1. The predicted molar refractivity (Wildman–Crippen MR) is 69.4 cm³/mol. The number of hydrogen-bond donors (Lipinski definition) is 2. The smallest absolute Gasteiger partial charge is 0.305 e. The van der Waals surface area contributed by atoms with Crippen molar-refractivity contribution in [3.8, 4) is 0 Å². The molecule has 0 spiro atoms. The van der Waals surface area contributed by atoms with Crippen LogP contribution in [0.1, 0.15) is 37.7 Å². The fourth-order valence-corrected chi connectivity index (χ4v) is 3.44. The fraction of sp³-hybridized carbons (Fsp3) is 0.462. The molecule has 0 bridgehead atoms. The van der Waals surface area contributed by atoms with E-state index < -0.39 is 5.60 Å². The summed E-state index contributed by atoms with van der Waals surface area (Å²) in [5, 5.41) is 10.6. The second-order valence-electron chi connectivity index (χ2n) is 4.82. The summed E-state index contributed by atoms with van der Waals surface area (Å²) in [6.45, 7) is 0. The molecule has 3 rings (SSSR count). The lowest BCUT2D eigenvalue weighted by molar-refractivity contribution is -0.000496. The summed E-state index contributed by atoms with van der Waals surface area (Å²) in [5.74, 6) is 0. The van der Waals surface area contributed by atoms with Crippen LogP contribution in [0.15, 0.2) is 23.0 Å². The van der Waals surface area contributed by atoms with Gasteiger partial charge in [0.15, 0.2) is 0 Å². The van der Waals surface area contributed by atoms with Gasteiger partial charge in [-0.25, -0.2) is 0 Å². The number of H-pyrrole nitrogens is 1. The zero-order chi connectivity index (χ0) is 11.9. The van der Waals surface area contributed by atoms with Gasteiger partial charge in [0, 0.05) is 0 Å². The average molecular weight is 249 g/mol. The molecule has 1 heterocycles. The predicted octanol–water partition coefficient (Wildman–Crippen LogP) is 2.74. The second-order valence-corrected chi connectivity index (χ2v) is 5.83. The molecule has 0 aliphatic heterocycles. The van der Waals surface area contributed by atoms with Crippen molar-refractivity contribution in [2.24, 2.45) is 0 Å². The lowest BCUT2D eigenvalue weighted by Gasteiger charge is -2.32. The van der Waals surface area contributed by atoms with Crippen molar-refractivity contribution in [1.29, 1.82) is 0 Å². The lowest BCUT2D eigenvalue weighted by Crippen LogP contribution is -2.28. The zero-order valence-corrected chi connectivity index (χ0v) is 10.3. The molecule has 0 unspecified atom stereocenters. The third-order valence-corrected chi connectivity index (χ3v) is 4.48. The topological polar surface area (TPSA) is 53.1 Å². The molecule has 1 saturated carbocycles. The third-order valence-electron chi connectivity index (χ3n) is 3.64. The average Bonchev–Trinajstić information content (AvgIpc) is 2.69. The molecule has 2 N–H and O–H groups in total. The Morgan fingerprint density at radius 1 is 1.24 bits per heavy atom. The second kappa shape index (κ2) is 3.96. The molecule has 0 saturated heterocycles. The standard InChI is InChI=1S/C13H15NO2S/c15-12-14-10-5-4-9(8-11(10)17-12)13(16)6-2-1-3-7-13/h4-5,8,16H,1-3,6-7H2,(H,14,15). The highest BCUT2D eigenvalue weighted by atomic mass is 32.1. The summed E-state index contributed by atoms with van der Waals surface area (Å²) in [5.41, 5.74) is 1.14. The molecule has 4 heteroatoms. The first-order valence-electron chi connectivity index (χ1n) is 6.03. The lowest BCUT2D eigenvalue weighted by atomic mass is 9.80. The molecular weight excluding hydrogens is 234 g/mol. The van der Waals surface area contributed by atoms with Crippen molar-refractivity contribution in [3.05, 3.63) is 33.4 Å². The number of rotatable bonds is 1. The highest BCUT2D eigenvalue weighted by molar-refractivity contribution is 7.16. The van der Waals surface area contributed by atoms with Gasteiger partial charge in [-0.15, -0.1) is 0 Å². The fourth-order valence-electron chi connectivity index (χ4n) is 2.66. The maximum Gasteiger partial charge on any atom is 0.305 e. The van der Waals surface area contributed by atoms with Gasteiger partial charge in [0.1, 0.15) is 0 Å². The van der Waals surface area contributed by atoms with E-state index in [0.717, 1.165) is 41.5 Å². The number of fused-ring (bicyclic) bond motifs is 1. The number of benzene rings is 1. The van der Waals surface area contributed by atoms with Crippen molar-refractivity contribution in [2.75, 3.05) is 0 Å². The summed E-state index contributed by atoms with van der Waals surface area (Å²) in [6, 6.07) is 5.80. The molecule has 1 fully saturated rings. The van der Waals surface area contributed by atoms with E-state index in [-0.39, 0.29) is 4.87 Å². The minimum atomic E-state index is -0.681. The van der Waals surface area contributed by atoms with Crippen LogP contribution in [0.5, 0.6) is 0 Å². The first kappa shape index (κ1) is 11.0. The van der Waals surface area contributed by atoms with Gasteiger partial charge in [-0.2, -0.15) is 0 Å². The highest BCUT2D eigenvalue weighted by Gasteiger charge is 2.31. The zero-order valence-electron chi connectivity index (χ0n) is 9.53. The van der Waals surface area contributed by atoms with Crippen molar-refractivity contribution in [1.82, 2.24) is 4.98 Å². The molecule has 1 aromatic carbocycles. The van der Waals surface area contributed by atoms with Gasteiger partial charge in [0.2, 0.25) is 0 Å². The van der Waals surface area contributed by atoms with Gasteiger partial charge in [-0.1, -0.05) is 36.7 Å². The van der Waals surface area contributed by atoms with E-state index in [1.165, 1.54) is 17.8 Å². The van der Waals surface area contributed by atoms with E-state index in [9.17, 15) is 9.90 Å². The Hall–Kier alpha value is -1.13. The number of nitrogens with one attached hydrogen (secondary N) is 1. The molecule has 0 amide bonds. The molecule has 1 aliphatic carbocycles. The Balaban J connectivity index is 2.07. The van der Waals surface area contributed by atoms with Gasteiger partial charge in [-0.05, 0) is 30.5 Å². The summed E-state index contributed by atoms with van der Waals surface area (Å²) >= 11 is 1.21. The van der Waals surface area contributed by atoms with Gasteiger partial charge in [0.25, 0.3) is 0 Å². The Morgan fingerprint density at radius 3 is 2.76 bits per heavy atom. The van der Waals surface area contributed by atoms with Gasteiger partial charge in [-0.3, -0.25) is 4.79 Å². The van der Waals surface area contributed by atoms with E-state index in [1.807, 2.05) is 18.2 Å². The van der Waals surface area contributed by atoms with E-state index >= 15 is 0 Å². The first-order valence-corrected chi connectivity index (χ1v) is 6.85. The van der Waals surface area contributed by atoms with Crippen LogP contribution in [0.4, 0.5) is 0 Å². The molecule has 0 radical (unpaired) electrons. The quantitative estimate of drug-likeness (QED) is 0.816. The third kappa shape index (κ3) is 1.91. The Kier molecular flexibility index (Phi) is 2.56. The van der Waals surface area contributed by atoms with Crippen molar-refractivity contribution < 1.29 is 5.11 Å².